The third kappa shape index (κ3) is 1.66. The maximum atomic E-state index is 11.7. The summed E-state index contributed by atoms with van der Waals surface area (Å²) in [4.78, 5) is 11.7. The largest absolute Gasteiger partial charge is 0.389 e. The maximum Gasteiger partial charge on any atom is 0.136 e. The Morgan fingerprint density at radius 3 is 2.59 bits per heavy atom. The van der Waals surface area contributed by atoms with E-state index in [0.717, 1.165) is 0 Å². The van der Waals surface area contributed by atoms with Gasteiger partial charge in [0.15, 0.2) is 0 Å². The molecule has 1 saturated heterocycles. The number of hydrogen-bond acceptors (Lipinski definition) is 4. The van der Waals surface area contributed by atoms with Crippen LogP contribution in [0.25, 0.3) is 0 Å². The predicted octanol–water partition coefficient (Wildman–Crippen LogP) is 0.813. The zero-order valence-corrected chi connectivity index (χ0v) is 10.6. The molecule has 0 aromatic rings. The lowest BCUT2D eigenvalue weighted by Gasteiger charge is -2.47. The minimum absolute atomic E-state index is 0.127. The van der Waals surface area contributed by atoms with Gasteiger partial charge in [-0.2, -0.15) is 0 Å². The van der Waals surface area contributed by atoms with E-state index in [2.05, 4.69) is 0 Å². The summed E-state index contributed by atoms with van der Waals surface area (Å²) in [5.41, 5.74) is -2.66. The monoisotopic (exact) mass is 240 g/mol. The van der Waals surface area contributed by atoms with E-state index < -0.39 is 22.7 Å². The number of hydrogen-bond donors (Lipinski definition) is 2. The van der Waals surface area contributed by atoms with Crippen LogP contribution in [-0.2, 0) is 9.53 Å². The van der Waals surface area contributed by atoms with Crippen LogP contribution in [0.5, 0.6) is 0 Å². The Morgan fingerprint density at radius 2 is 2.06 bits per heavy atom. The van der Waals surface area contributed by atoms with E-state index >= 15 is 0 Å². The van der Waals surface area contributed by atoms with Gasteiger partial charge in [-0.05, 0) is 13.8 Å². The third-order valence-corrected chi connectivity index (χ3v) is 4.17. The van der Waals surface area contributed by atoms with Crippen molar-refractivity contribution in [2.45, 2.75) is 50.9 Å². The summed E-state index contributed by atoms with van der Waals surface area (Å²) in [5, 5.41) is 20.2. The highest BCUT2D eigenvalue weighted by molar-refractivity contribution is 5.82. The highest BCUT2D eigenvalue weighted by atomic mass is 16.5. The smallest absolute Gasteiger partial charge is 0.136 e. The normalized spacial score (nSPS) is 47.7. The molecule has 1 aliphatic carbocycles. The van der Waals surface area contributed by atoms with Gasteiger partial charge < -0.3 is 14.9 Å². The molecule has 1 heterocycles. The number of carbonyl (C=O) groups excluding carboxylic acids is 1. The molecule has 2 aliphatic rings. The first-order chi connectivity index (χ1) is 7.72. The predicted molar refractivity (Wildman–Crippen MR) is 62.5 cm³/mol. The number of aliphatic hydroxyl groups excluding tert-OH is 1. The van der Waals surface area contributed by atoms with E-state index in [1.54, 1.807) is 26.0 Å². The van der Waals surface area contributed by atoms with E-state index in [1.165, 1.54) is 0 Å². The van der Waals surface area contributed by atoms with Crippen LogP contribution in [-0.4, -0.2) is 39.9 Å². The second-order valence-corrected chi connectivity index (χ2v) is 5.84. The van der Waals surface area contributed by atoms with E-state index in [4.69, 9.17) is 4.74 Å². The fraction of sp³-hybridized carbons (Fsp3) is 0.769. The van der Waals surface area contributed by atoms with Gasteiger partial charge in [-0.1, -0.05) is 19.1 Å². The molecule has 2 N–H and O–H groups in total. The lowest BCUT2D eigenvalue weighted by Crippen LogP contribution is -2.60. The van der Waals surface area contributed by atoms with E-state index in [0.29, 0.717) is 13.0 Å². The molecule has 2 rings (SSSR count). The molecule has 1 aliphatic heterocycles. The first-order valence-corrected chi connectivity index (χ1v) is 5.98. The van der Waals surface area contributed by atoms with Crippen LogP contribution in [0.3, 0.4) is 0 Å². The van der Waals surface area contributed by atoms with Gasteiger partial charge in [0, 0.05) is 18.3 Å². The summed E-state index contributed by atoms with van der Waals surface area (Å²) in [7, 11) is 0. The summed E-state index contributed by atoms with van der Waals surface area (Å²) < 4.78 is 5.68. The summed E-state index contributed by atoms with van der Waals surface area (Å²) in [6, 6.07) is 0. The first-order valence-electron chi connectivity index (χ1n) is 5.98. The maximum absolute atomic E-state index is 11.7. The van der Waals surface area contributed by atoms with Gasteiger partial charge in [0.1, 0.15) is 17.0 Å². The van der Waals surface area contributed by atoms with Crippen LogP contribution < -0.4 is 0 Å². The van der Waals surface area contributed by atoms with Crippen molar-refractivity contribution in [3.05, 3.63) is 12.2 Å². The van der Waals surface area contributed by atoms with Gasteiger partial charge in [0.25, 0.3) is 0 Å². The molecule has 0 amide bonds. The molecular formula is C13H20O4. The summed E-state index contributed by atoms with van der Waals surface area (Å²) in [5.74, 6) is 0.127. The molecule has 0 aromatic carbocycles. The standard InChI is InChI=1S/C13H20O4/c1-9(14)4-5-13(16)11(2)6-10(15)7-12(13,3)17-8-11/h4-5,9,14,16H,6-8H2,1-3H3. The molecule has 0 aromatic heterocycles. The number of Topliss-reactive ketones (excluding diaryl/α,β-unsaturated/α-hetero) is 1. The van der Waals surface area contributed by atoms with Crippen LogP contribution in [0.1, 0.15) is 33.6 Å². The Kier molecular flexibility index (Phi) is 2.73. The lowest BCUT2D eigenvalue weighted by molar-refractivity contribution is -0.151. The third-order valence-electron chi connectivity index (χ3n) is 4.17. The Morgan fingerprint density at radius 1 is 1.41 bits per heavy atom. The van der Waals surface area contributed by atoms with Crippen molar-refractivity contribution >= 4 is 5.78 Å². The highest BCUT2D eigenvalue weighted by Gasteiger charge is 2.67. The Bertz CT molecular complexity index is 352. The van der Waals surface area contributed by atoms with Crippen LogP contribution in [0.4, 0.5) is 0 Å². The zero-order chi connectivity index (χ0) is 12.9. The van der Waals surface area contributed by atoms with Gasteiger partial charge in [-0.3, -0.25) is 4.79 Å². The molecule has 4 unspecified atom stereocenters. The van der Waals surface area contributed by atoms with Gasteiger partial charge in [0.2, 0.25) is 0 Å². The van der Waals surface area contributed by atoms with Gasteiger partial charge in [0.05, 0.1) is 12.7 Å². The van der Waals surface area contributed by atoms with Crippen LogP contribution in [0.2, 0.25) is 0 Å². The first kappa shape index (κ1) is 12.7. The highest BCUT2D eigenvalue weighted by Crippen LogP contribution is 2.56. The van der Waals surface area contributed by atoms with Gasteiger partial charge >= 0.3 is 0 Å². The summed E-state index contributed by atoms with van der Waals surface area (Å²) in [6.07, 6.45) is 3.09. The molecule has 0 radical (unpaired) electrons. The van der Waals surface area contributed by atoms with Crippen molar-refractivity contribution in [1.29, 1.82) is 0 Å². The molecule has 0 spiro atoms. The number of fused-ring (bicyclic) bond motifs is 2. The van der Waals surface area contributed by atoms with Gasteiger partial charge in [-0.25, -0.2) is 0 Å². The van der Waals surface area contributed by atoms with Crippen LogP contribution in [0, 0.1) is 5.41 Å². The second-order valence-electron chi connectivity index (χ2n) is 5.84. The minimum Gasteiger partial charge on any atom is -0.389 e. The molecule has 4 nitrogen and oxygen atoms in total. The number of ether oxygens (including phenoxy) is 1. The molecule has 1 saturated carbocycles. The van der Waals surface area contributed by atoms with E-state index in [-0.39, 0.29) is 12.2 Å². The number of ketones is 1. The average molecular weight is 240 g/mol. The molecular weight excluding hydrogens is 220 g/mol. The molecule has 2 bridgehead atoms. The summed E-state index contributed by atoms with van der Waals surface area (Å²) in [6.45, 7) is 5.63. The number of carbonyl (C=O) groups is 1. The zero-order valence-electron chi connectivity index (χ0n) is 10.6. The SMILES string of the molecule is CC(O)C=CC1(O)C2(C)COC1(C)CC(=O)C2. The lowest BCUT2D eigenvalue weighted by atomic mass is 9.59. The Hall–Kier alpha value is -0.710. The Labute approximate surface area is 101 Å². The minimum atomic E-state index is -1.19. The topological polar surface area (TPSA) is 66.8 Å². The van der Waals surface area contributed by atoms with E-state index in [9.17, 15) is 15.0 Å². The molecule has 96 valence electrons. The average Bonchev–Trinajstić information content (AvgIpc) is 2.33. The number of aliphatic hydroxyl groups is 2. The van der Waals surface area contributed by atoms with E-state index in [1.807, 2.05) is 6.92 Å². The van der Waals surface area contributed by atoms with Crippen molar-refractivity contribution in [3.63, 3.8) is 0 Å². The van der Waals surface area contributed by atoms with Gasteiger partial charge in [-0.15, -0.1) is 0 Å². The summed E-state index contributed by atoms with van der Waals surface area (Å²) >= 11 is 0. The molecule has 4 atom stereocenters. The molecule has 4 heteroatoms. The van der Waals surface area contributed by atoms with Crippen molar-refractivity contribution in [1.82, 2.24) is 0 Å². The fourth-order valence-electron chi connectivity index (χ4n) is 3.08. The Balaban J connectivity index is 2.42. The molecule has 17 heavy (non-hydrogen) atoms. The quantitative estimate of drug-likeness (QED) is 0.701. The molecule has 2 fully saturated rings. The fourth-order valence-corrected chi connectivity index (χ4v) is 3.08. The number of rotatable bonds is 2. The van der Waals surface area contributed by atoms with Crippen molar-refractivity contribution in [2.75, 3.05) is 6.61 Å². The second kappa shape index (κ2) is 3.64. The van der Waals surface area contributed by atoms with Crippen LogP contribution >= 0.6 is 0 Å². The van der Waals surface area contributed by atoms with Crippen LogP contribution in [0.15, 0.2) is 12.2 Å². The van der Waals surface area contributed by atoms with Crippen molar-refractivity contribution in [3.8, 4) is 0 Å². The van der Waals surface area contributed by atoms with Crippen molar-refractivity contribution < 1.29 is 19.7 Å². The van der Waals surface area contributed by atoms with Crippen molar-refractivity contribution in [2.24, 2.45) is 5.41 Å².